The molecule has 21 heavy (non-hydrogen) atoms. The Morgan fingerprint density at radius 1 is 1.43 bits per heavy atom. The molecule has 6 nitrogen and oxygen atoms in total. The zero-order valence-corrected chi connectivity index (χ0v) is 12.9. The predicted molar refractivity (Wildman–Crippen MR) is 78.6 cm³/mol. The minimum atomic E-state index is -0.754. The molecule has 0 aromatic rings. The van der Waals surface area contributed by atoms with Crippen LogP contribution in [0.4, 0.5) is 4.79 Å². The number of hydrogen-bond acceptors (Lipinski definition) is 3. The summed E-state index contributed by atoms with van der Waals surface area (Å²) in [6, 6.07) is 2.15. The maximum atomic E-state index is 12.4. The van der Waals surface area contributed by atoms with E-state index in [0.29, 0.717) is 38.5 Å². The first-order valence-electron chi connectivity index (χ1n) is 7.63. The average Bonchev–Trinajstić information content (AvgIpc) is 2.50. The van der Waals surface area contributed by atoms with Gasteiger partial charge >= 0.3 is 12.0 Å². The lowest BCUT2D eigenvalue weighted by Gasteiger charge is -2.35. The van der Waals surface area contributed by atoms with Crippen molar-refractivity contribution in [3.05, 3.63) is 0 Å². The van der Waals surface area contributed by atoms with Gasteiger partial charge in [-0.3, -0.25) is 4.79 Å². The van der Waals surface area contributed by atoms with Crippen LogP contribution >= 0.6 is 0 Å². The van der Waals surface area contributed by atoms with Gasteiger partial charge in [-0.2, -0.15) is 5.26 Å². The van der Waals surface area contributed by atoms with E-state index >= 15 is 0 Å². The van der Waals surface area contributed by atoms with Gasteiger partial charge in [-0.15, -0.1) is 0 Å². The van der Waals surface area contributed by atoms with Crippen LogP contribution in [0.3, 0.4) is 0 Å². The molecule has 0 bridgehead atoms. The van der Waals surface area contributed by atoms with Crippen molar-refractivity contribution in [1.29, 1.82) is 5.26 Å². The second kappa shape index (κ2) is 8.50. The number of likely N-dealkylation sites (tertiary alicyclic amines) is 1. The van der Waals surface area contributed by atoms with Crippen molar-refractivity contribution >= 4 is 12.0 Å². The molecule has 0 radical (unpaired) electrons. The zero-order chi connectivity index (χ0) is 15.8. The summed E-state index contributed by atoms with van der Waals surface area (Å²) in [5.74, 6) is -0.517. The Hall–Kier alpha value is -1.77. The first kappa shape index (κ1) is 17.3. The van der Waals surface area contributed by atoms with Gasteiger partial charge in [-0.05, 0) is 39.0 Å². The smallest absolute Gasteiger partial charge is 0.320 e. The second-order valence-electron chi connectivity index (χ2n) is 5.71. The quantitative estimate of drug-likeness (QED) is 0.813. The first-order chi connectivity index (χ1) is 9.97. The van der Waals surface area contributed by atoms with Crippen LogP contribution in [-0.4, -0.2) is 53.1 Å². The molecular weight excluding hydrogens is 270 g/mol. The van der Waals surface area contributed by atoms with Gasteiger partial charge in [-0.25, -0.2) is 4.79 Å². The van der Waals surface area contributed by atoms with Crippen molar-refractivity contribution in [2.75, 3.05) is 26.2 Å². The fraction of sp³-hybridized carbons (Fsp3) is 0.800. The molecule has 0 saturated carbocycles. The molecule has 1 unspecified atom stereocenters. The molecule has 6 heteroatoms. The predicted octanol–water partition coefficient (Wildman–Crippen LogP) is 2.16. The molecule has 1 atom stereocenters. The van der Waals surface area contributed by atoms with Crippen LogP contribution in [0.25, 0.3) is 0 Å². The van der Waals surface area contributed by atoms with Gasteiger partial charge < -0.3 is 14.9 Å². The van der Waals surface area contributed by atoms with Gasteiger partial charge in [0.05, 0.1) is 12.0 Å². The molecule has 2 amide bonds. The molecule has 0 spiro atoms. The van der Waals surface area contributed by atoms with Crippen LogP contribution in [0, 0.1) is 23.2 Å². The highest BCUT2D eigenvalue weighted by Gasteiger charge is 2.26. The number of carboxylic acid groups (broad SMARTS) is 1. The van der Waals surface area contributed by atoms with E-state index in [4.69, 9.17) is 10.4 Å². The first-order valence-corrected chi connectivity index (χ1v) is 7.63. The summed E-state index contributed by atoms with van der Waals surface area (Å²) in [5.41, 5.74) is 0. The number of piperidine rings is 1. The van der Waals surface area contributed by atoms with E-state index in [1.807, 2.05) is 18.7 Å². The largest absolute Gasteiger partial charge is 0.481 e. The normalized spacial score (nSPS) is 17.1. The molecule has 1 saturated heterocycles. The van der Waals surface area contributed by atoms with Gasteiger partial charge in [0.1, 0.15) is 0 Å². The Kier molecular flexibility index (Phi) is 7.00. The summed E-state index contributed by atoms with van der Waals surface area (Å²) in [5, 5.41) is 17.6. The van der Waals surface area contributed by atoms with Crippen molar-refractivity contribution in [3.63, 3.8) is 0 Å². The Bertz CT molecular complexity index is 397. The third-order valence-electron chi connectivity index (χ3n) is 4.02. The van der Waals surface area contributed by atoms with Gasteiger partial charge in [0, 0.05) is 32.6 Å². The van der Waals surface area contributed by atoms with E-state index < -0.39 is 5.97 Å². The monoisotopic (exact) mass is 295 g/mol. The van der Waals surface area contributed by atoms with Gasteiger partial charge in [0.2, 0.25) is 0 Å². The van der Waals surface area contributed by atoms with E-state index in [0.717, 1.165) is 12.8 Å². The molecule has 1 aliphatic rings. The maximum Gasteiger partial charge on any atom is 0.320 e. The number of carbonyl (C=O) groups is 2. The van der Waals surface area contributed by atoms with Crippen LogP contribution in [0.1, 0.15) is 39.5 Å². The van der Waals surface area contributed by atoms with Gasteiger partial charge in [-0.1, -0.05) is 0 Å². The van der Waals surface area contributed by atoms with Crippen LogP contribution < -0.4 is 0 Å². The van der Waals surface area contributed by atoms with Crippen LogP contribution in [0.15, 0.2) is 0 Å². The number of amides is 2. The fourth-order valence-corrected chi connectivity index (χ4v) is 2.65. The summed E-state index contributed by atoms with van der Waals surface area (Å²) in [6.45, 7) is 6.16. The van der Waals surface area contributed by atoms with E-state index in [2.05, 4.69) is 6.07 Å². The Morgan fingerprint density at radius 3 is 2.52 bits per heavy atom. The summed E-state index contributed by atoms with van der Waals surface area (Å²) >= 11 is 0. The average molecular weight is 295 g/mol. The summed E-state index contributed by atoms with van der Waals surface area (Å²) in [7, 11) is 0. The zero-order valence-electron chi connectivity index (χ0n) is 12.9. The number of rotatable bonds is 6. The van der Waals surface area contributed by atoms with E-state index in [1.165, 1.54) is 0 Å². The molecule has 1 N–H and O–H groups in total. The van der Waals surface area contributed by atoms with Gasteiger partial charge in [0.25, 0.3) is 0 Å². The highest BCUT2D eigenvalue weighted by molar-refractivity contribution is 5.74. The maximum absolute atomic E-state index is 12.4. The van der Waals surface area contributed by atoms with E-state index in [-0.39, 0.29) is 18.4 Å². The van der Waals surface area contributed by atoms with Crippen molar-refractivity contribution < 1.29 is 14.7 Å². The lowest BCUT2D eigenvalue weighted by molar-refractivity contribution is -0.137. The fourth-order valence-electron chi connectivity index (χ4n) is 2.65. The van der Waals surface area contributed by atoms with Gasteiger partial charge in [0.15, 0.2) is 0 Å². The molecule has 1 aliphatic heterocycles. The van der Waals surface area contributed by atoms with E-state index in [9.17, 15) is 9.59 Å². The van der Waals surface area contributed by atoms with Crippen LogP contribution in [-0.2, 0) is 4.79 Å². The second-order valence-corrected chi connectivity index (χ2v) is 5.71. The summed E-state index contributed by atoms with van der Waals surface area (Å²) < 4.78 is 0. The number of urea groups is 1. The number of carbonyl (C=O) groups excluding carboxylic acids is 1. The third kappa shape index (κ3) is 5.62. The lowest BCUT2D eigenvalue weighted by atomic mass is 9.92. The standard InChI is InChI=1S/C15H25N3O3/c1-3-17(11-12(2)10-16)15(21)18-8-6-13(7-9-18)4-5-14(19)20/h12-13H,3-9,11H2,1-2H3,(H,19,20). The molecule has 1 fully saturated rings. The molecule has 0 aromatic carbocycles. The topological polar surface area (TPSA) is 84.6 Å². The number of hydrogen-bond donors (Lipinski definition) is 1. The third-order valence-corrected chi connectivity index (χ3v) is 4.02. The van der Waals surface area contributed by atoms with Crippen molar-refractivity contribution in [2.45, 2.75) is 39.5 Å². The summed E-state index contributed by atoms with van der Waals surface area (Å²) in [4.78, 5) is 26.5. The minimum Gasteiger partial charge on any atom is -0.481 e. The molecule has 0 aliphatic carbocycles. The SMILES string of the molecule is CCN(CC(C)C#N)C(=O)N1CCC(CCC(=O)O)CC1. The Balaban J connectivity index is 2.43. The van der Waals surface area contributed by atoms with Crippen molar-refractivity contribution in [2.24, 2.45) is 11.8 Å². The Labute approximate surface area is 126 Å². The molecule has 118 valence electrons. The molecular formula is C15H25N3O3. The lowest BCUT2D eigenvalue weighted by Crippen LogP contribution is -2.47. The summed E-state index contributed by atoms with van der Waals surface area (Å²) in [6.07, 6.45) is 2.63. The Morgan fingerprint density at radius 2 is 2.05 bits per heavy atom. The minimum absolute atomic E-state index is 0.00344. The molecule has 1 heterocycles. The number of carboxylic acids is 1. The van der Waals surface area contributed by atoms with Crippen LogP contribution in [0.5, 0.6) is 0 Å². The van der Waals surface area contributed by atoms with Crippen LogP contribution in [0.2, 0.25) is 0 Å². The van der Waals surface area contributed by atoms with E-state index in [1.54, 1.807) is 4.90 Å². The number of aliphatic carboxylic acids is 1. The highest BCUT2D eigenvalue weighted by Crippen LogP contribution is 2.22. The van der Waals surface area contributed by atoms with Crippen molar-refractivity contribution in [3.8, 4) is 6.07 Å². The number of nitrogens with zero attached hydrogens (tertiary/aromatic N) is 3. The molecule has 1 rings (SSSR count). The number of nitriles is 1. The highest BCUT2D eigenvalue weighted by atomic mass is 16.4. The molecule has 0 aromatic heterocycles. The van der Waals surface area contributed by atoms with Crippen molar-refractivity contribution in [1.82, 2.24) is 9.80 Å².